The number of benzene rings is 2. The van der Waals surface area contributed by atoms with Crippen molar-refractivity contribution >= 4 is 35.2 Å². The molecule has 0 radical (unpaired) electrons. The summed E-state index contributed by atoms with van der Waals surface area (Å²) in [7, 11) is 0. The SMILES string of the molecule is C[C@H](C(=O)NC1CCCCC1)N(Cc1cccc(Cl)c1)C(=O)CSc1ccccc1. The number of hydrogen-bond donors (Lipinski definition) is 1. The highest BCUT2D eigenvalue weighted by atomic mass is 35.5. The van der Waals surface area contributed by atoms with Gasteiger partial charge in [0, 0.05) is 22.5 Å². The fourth-order valence-corrected chi connectivity index (χ4v) is 4.75. The van der Waals surface area contributed by atoms with E-state index in [2.05, 4.69) is 5.32 Å². The van der Waals surface area contributed by atoms with Crippen molar-refractivity contribution in [3.8, 4) is 0 Å². The summed E-state index contributed by atoms with van der Waals surface area (Å²) in [5.41, 5.74) is 0.915. The minimum absolute atomic E-state index is 0.0601. The van der Waals surface area contributed by atoms with Gasteiger partial charge < -0.3 is 10.2 Å². The molecule has 0 spiro atoms. The van der Waals surface area contributed by atoms with Crippen molar-refractivity contribution < 1.29 is 9.59 Å². The molecule has 0 unspecified atom stereocenters. The molecule has 1 aliphatic carbocycles. The average molecular weight is 445 g/mol. The molecule has 4 nitrogen and oxygen atoms in total. The maximum absolute atomic E-state index is 13.1. The Bertz CT molecular complexity index is 840. The monoisotopic (exact) mass is 444 g/mol. The molecule has 2 amide bonds. The first kappa shape index (κ1) is 22.7. The topological polar surface area (TPSA) is 49.4 Å². The van der Waals surface area contributed by atoms with Crippen LogP contribution in [0.1, 0.15) is 44.6 Å². The number of amides is 2. The van der Waals surface area contributed by atoms with Gasteiger partial charge in [0.15, 0.2) is 0 Å². The molecule has 1 atom stereocenters. The first-order chi connectivity index (χ1) is 14.5. The van der Waals surface area contributed by atoms with Crippen LogP contribution in [-0.4, -0.2) is 34.6 Å². The van der Waals surface area contributed by atoms with Gasteiger partial charge in [-0.2, -0.15) is 0 Å². The molecule has 1 aliphatic rings. The van der Waals surface area contributed by atoms with Gasteiger partial charge in [-0.05, 0) is 49.6 Å². The fourth-order valence-electron chi connectivity index (χ4n) is 3.73. The van der Waals surface area contributed by atoms with Gasteiger partial charge in [-0.1, -0.05) is 61.2 Å². The van der Waals surface area contributed by atoms with E-state index in [4.69, 9.17) is 11.6 Å². The van der Waals surface area contributed by atoms with E-state index in [1.54, 1.807) is 4.90 Å². The van der Waals surface area contributed by atoms with Crippen molar-refractivity contribution in [2.45, 2.75) is 62.6 Å². The van der Waals surface area contributed by atoms with Crippen molar-refractivity contribution in [1.82, 2.24) is 10.2 Å². The van der Waals surface area contributed by atoms with Gasteiger partial charge in [0.2, 0.25) is 11.8 Å². The van der Waals surface area contributed by atoms with Crippen molar-refractivity contribution in [3.63, 3.8) is 0 Å². The number of hydrogen-bond acceptors (Lipinski definition) is 3. The third-order valence-corrected chi connectivity index (χ3v) is 6.70. The minimum atomic E-state index is -0.546. The quantitative estimate of drug-likeness (QED) is 0.562. The summed E-state index contributed by atoms with van der Waals surface area (Å²) < 4.78 is 0. The fraction of sp³-hybridized carbons (Fsp3) is 0.417. The Hall–Kier alpha value is -1.98. The normalized spacial score (nSPS) is 15.4. The van der Waals surface area contributed by atoms with Crippen molar-refractivity contribution in [3.05, 3.63) is 65.2 Å². The largest absolute Gasteiger partial charge is 0.352 e. The summed E-state index contributed by atoms with van der Waals surface area (Å²) in [6.07, 6.45) is 5.57. The molecule has 0 aromatic heterocycles. The second-order valence-electron chi connectivity index (χ2n) is 7.77. The zero-order chi connectivity index (χ0) is 21.3. The smallest absolute Gasteiger partial charge is 0.242 e. The van der Waals surface area contributed by atoms with Crippen LogP contribution in [0, 0.1) is 0 Å². The maximum Gasteiger partial charge on any atom is 0.242 e. The van der Waals surface area contributed by atoms with Crippen LogP contribution in [0.25, 0.3) is 0 Å². The highest BCUT2D eigenvalue weighted by Gasteiger charge is 2.28. The molecule has 2 aromatic carbocycles. The third kappa shape index (κ3) is 6.78. The standard InChI is InChI=1S/C24H29ClN2O2S/c1-18(24(29)26-21-11-4-2-5-12-21)27(16-19-9-8-10-20(25)15-19)23(28)17-30-22-13-6-3-7-14-22/h3,6-10,13-15,18,21H,2,4-5,11-12,16-17H2,1H3,(H,26,29)/t18-/m1/s1. The van der Waals surface area contributed by atoms with Gasteiger partial charge in [-0.15, -0.1) is 11.8 Å². The number of thioether (sulfide) groups is 1. The predicted molar refractivity (Wildman–Crippen MR) is 124 cm³/mol. The molecule has 3 rings (SSSR count). The lowest BCUT2D eigenvalue weighted by Crippen LogP contribution is -2.50. The Kier molecular flexibility index (Phi) is 8.64. The lowest BCUT2D eigenvalue weighted by atomic mass is 9.95. The maximum atomic E-state index is 13.1. The molecular weight excluding hydrogens is 416 g/mol. The highest BCUT2D eigenvalue weighted by Crippen LogP contribution is 2.21. The Morgan fingerprint density at radius 1 is 1.10 bits per heavy atom. The first-order valence-corrected chi connectivity index (χ1v) is 11.9. The van der Waals surface area contributed by atoms with E-state index in [-0.39, 0.29) is 23.6 Å². The second-order valence-corrected chi connectivity index (χ2v) is 9.26. The number of carbonyl (C=O) groups is 2. The summed E-state index contributed by atoms with van der Waals surface area (Å²) >= 11 is 7.62. The van der Waals surface area contributed by atoms with Crippen molar-refractivity contribution in [2.75, 3.05) is 5.75 Å². The van der Waals surface area contributed by atoms with E-state index in [9.17, 15) is 9.59 Å². The third-order valence-electron chi connectivity index (χ3n) is 5.47. The van der Waals surface area contributed by atoms with Gasteiger partial charge in [-0.25, -0.2) is 0 Å². The number of nitrogens with one attached hydrogen (secondary N) is 1. The average Bonchev–Trinajstić information content (AvgIpc) is 2.77. The number of rotatable bonds is 8. The zero-order valence-electron chi connectivity index (χ0n) is 17.4. The van der Waals surface area contributed by atoms with E-state index in [0.29, 0.717) is 11.6 Å². The number of carbonyl (C=O) groups excluding carboxylic acids is 2. The van der Waals surface area contributed by atoms with E-state index in [0.717, 1.165) is 36.1 Å². The van der Waals surface area contributed by atoms with Crippen LogP contribution >= 0.6 is 23.4 Å². The van der Waals surface area contributed by atoms with Crippen LogP contribution in [0.5, 0.6) is 0 Å². The molecule has 1 saturated carbocycles. The van der Waals surface area contributed by atoms with Crippen LogP contribution in [0.2, 0.25) is 5.02 Å². The van der Waals surface area contributed by atoms with Gasteiger partial charge in [-0.3, -0.25) is 9.59 Å². The van der Waals surface area contributed by atoms with E-state index < -0.39 is 6.04 Å². The van der Waals surface area contributed by atoms with Gasteiger partial charge >= 0.3 is 0 Å². The Morgan fingerprint density at radius 2 is 1.83 bits per heavy atom. The molecule has 0 aliphatic heterocycles. The number of nitrogens with zero attached hydrogens (tertiary/aromatic N) is 1. The van der Waals surface area contributed by atoms with Crippen LogP contribution in [0.3, 0.4) is 0 Å². The van der Waals surface area contributed by atoms with Gasteiger partial charge in [0.05, 0.1) is 5.75 Å². The van der Waals surface area contributed by atoms with E-state index >= 15 is 0 Å². The molecule has 2 aromatic rings. The molecule has 0 heterocycles. The Balaban J connectivity index is 1.69. The predicted octanol–water partition coefficient (Wildman–Crippen LogP) is 5.30. The first-order valence-electron chi connectivity index (χ1n) is 10.5. The lowest BCUT2D eigenvalue weighted by Gasteiger charge is -2.31. The summed E-state index contributed by atoms with van der Waals surface area (Å²) in [6.45, 7) is 2.17. The Morgan fingerprint density at radius 3 is 2.53 bits per heavy atom. The van der Waals surface area contributed by atoms with Crippen LogP contribution in [0.15, 0.2) is 59.5 Å². The molecule has 6 heteroatoms. The minimum Gasteiger partial charge on any atom is -0.352 e. The summed E-state index contributed by atoms with van der Waals surface area (Å²) in [4.78, 5) is 28.8. The van der Waals surface area contributed by atoms with Gasteiger partial charge in [0.25, 0.3) is 0 Å². The van der Waals surface area contributed by atoms with Crippen LogP contribution < -0.4 is 5.32 Å². The lowest BCUT2D eigenvalue weighted by molar-refractivity contribution is -0.139. The number of halogens is 1. The van der Waals surface area contributed by atoms with Crippen LogP contribution in [-0.2, 0) is 16.1 Å². The zero-order valence-corrected chi connectivity index (χ0v) is 18.9. The van der Waals surface area contributed by atoms with E-state index in [1.165, 1.54) is 18.2 Å². The van der Waals surface area contributed by atoms with Crippen molar-refractivity contribution in [2.24, 2.45) is 0 Å². The summed E-state index contributed by atoms with van der Waals surface area (Å²) in [6, 6.07) is 17.0. The molecule has 160 valence electrons. The summed E-state index contributed by atoms with van der Waals surface area (Å²) in [5, 5.41) is 3.78. The van der Waals surface area contributed by atoms with Crippen molar-refractivity contribution in [1.29, 1.82) is 0 Å². The van der Waals surface area contributed by atoms with Crippen LogP contribution in [0.4, 0.5) is 0 Å². The highest BCUT2D eigenvalue weighted by molar-refractivity contribution is 8.00. The molecule has 1 N–H and O–H groups in total. The van der Waals surface area contributed by atoms with Gasteiger partial charge in [0.1, 0.15) is 6.04 Å². The second kappa shape index (κ2) is 11.4. The molecule has 30 heavy (non-hydrogen) atoms. The molecular formula is C24H29ClN2O2S. The molecule has 0 bridgehead atoms. The van der Waals surface area contributed by atoms with E-state index in [1.807, 2.05) is 61.5 Å². The molecule has 0 saturated heterocycles. The Labute approximate surface area is 188 Å². The summed E-state index contributed by atoms with van der Waals surface area (Å²) in [5.74, 6) is 0.142. The molecule has 1 fully saturated rings.